The van der Waals surface area contributed by atoms with Crippen molar-refractivity contribution in [2.45, 2.75) is 58.0 Å². The van der Waals surface area contributed by atoms with Crippen LogP contribution in [0.15, 0.2) is 18.2 Å². The van der Waals surface area contributed by atoms with Crippen LogP contribution in [0.3, 0.4) is 0 Å². The zero-order chi connectivity index (χ0) is 14.8. The highest BCUT2D eigenvalue weighted by Gasteiger charge is 2.42. The van der Waals surface area contributed by atoms with Gasteiger partial charge < -0.3 is 9.47 Å². The smallest absolute Gasteiger partial charge is 0.309 e. The van der Waals surface area contributed by atoms with Gasteiger partial charge in [0.15, 0.2) is 0 Å². The molecule has 0 radical (unpaired) electrons. The van der Waals surface area contributed by atoms with Crippen molar-refractivity contribution in [2.75, 3.05) is 7.11 Å². The maximum absolute atomic E-state index is 11.6. The lowest BCUT2D eigenvalue weighted by molar-refractivity contribution is -0.148. The van der Waals surface area contributed by atoms with E-state index in [1.165, 1.54) is 12.7 Å². The number of esters is 1. The van der Waals surface area contributed by atoms with E-state index in [2.05, 4.69) is 32.0 Å². The largest absolute Gasteiger partial charge is 0.486 e. The predicted molar refractivity (Wildman–Crippen MR) is 79.1 cm³/mol. The monoisotopic (exact) mass is 276 g/mol. The van der Waals surface area contributed by atoms with E-state index in [4.69, 9.17) is 9.47 Å². The summed E-state index contributed by atoms with van der Waals surface area (Å²) in [4.78, 5) is 11.6. The van der Waals surface area contributed by atoms with Crippen molar-refractivity contribution in [3.63, 3.8) is 0 Å². The first-order valence-electron chi connectivity index (χ1n) is 7.32. The number of hydrogen-bond donors (Lipinski definition) is 0. The molecule has 1 aliphatic rings. The number of rotatable bonds is 5. The van der Waals surface area contributed by atoms with Crippen LogP contribution in [0.1, 0.15) is 56.6 Å². The van der Waals surface area contributed by atoms with E-state index in [0.717, 1.165) is 30.6 Å². The Kier molecular flexibility index (Phi) is 4.36. The summed E-state index contributed by atoms with van der Waals surface area (Å²) in [6.07, 6.45) is 3.30. The summed E-state index contributed by atoms with van der Waals surface area (Å²) in [6.45, 7) is 6.38. The third-order valence-corrected chi connectivity index (χ3v) is 4.16. The van der Waals surface area contributed by atoms with Gasteiger partial charge in [0.1, 0.15) is 11.4 Å². The molecule has 1 fully saturated rings. The molecule has 0 atom stereocenters. The van der Waals surface area contributed by atoms with Gasteiger partial charge in [-0.25, -0.2) is 0 Å². The minimum Gasteiger partial charge on any atom is -0.486 e. The first-order valence-corrected chi connectivity index (χ1v) is 7.32. The lowest BCUT2D eigenvalue weighted by Gasteiger charge is -2.41. The Morgan fingerprint density at radius 3 is 2.55 bits per heavy atom. The second-order valence-corrected chi connectivity index (χ2v) is 6.07. The standard InChI is InChI=1S/C17H24O3/c1-12(2)14-7-6-13(3)15(10-14)20-17(8-5-9-17)11-16(18)19-4/h6-7,10,12H,5,8-9,11H2,1-4H3. The van der Waals surface area contributed by atoms with Gasteiger partial charge >= 0.3 is 5.97 Å². The molecule has 0 heterocycles. The number of methoxy groups -OCH3 is 1. The molecule has 3 nitrogen and oxygen atoms in total. The Hall–Kier alpha value is -1.51. The van der Waals surface area contributed by atoms with Crippen molar-refractivity contribution in [3.05, 3.63) is 29.3 Å². The van der Waals surface area contributed by atoms with Crippen LogP contribution in [0.5, 0.6) is 5.75 Å². The van der Waals surface area contributed by atoms with E-state index in [-0.39, 0.29) is 11.6 Å². The normalized spacial score (nSPS) is 16.6. The fourth-order valence-electron chi connectivity index (χ4n) is 2.54. The summed E-state index contributed by atoms with van der Waals surface area (Å²) >= 11 is 0. The third-order valence-electron chi connectivity index (χ3n) is 4.16. The van der Waals surface area contributed by atoms with E-state index < -0.39 is 0 Å². The fraction of sp³-hybridized carbons (Fsp3) is 0.588. The van der Waals surface area contributed by atoms with Crippen LogP contribution in [-0.2, 0) is 9.53 Å². The van der Waals surface area contributed by atoms with Crippen LogP contribution in [0.25, 0.3) is 0 Å². The molecule has 3 heteroatoms. The summed E-state index contributed by atoms with van der Waals surface area (Å²) in [7, 11) is 1.43. The number of benzene rings is 1. The molecule has 0 aliphatic heterocycles. The molecule has 0 N–H and O–H groups in total. The van der Waals surface area contributed by atoms with Crippen molar-refractivity contribution in [2.24, 2.45) is 0 Å². The Morgan fingerprint density at radius 1 is 1.35 bits per heavy atom. The Bertz CT molecular complexity index is 487. The van der Waals surface area contributed by atoms with Gasteiger partial charge in [0.2, 0.25) is 0 Å². The molecule has 0 amide bonds. The average Bonchev–Trinajstić information content (AvgIpc) is 2.37. The molecule has 2 rings (SSSR count). The summed E-state index contributed by atoms with van der Waals surface area (Å²) in [5, 5.41) is 0. The molecule has 0 unspecified atom stereocenters. The van der Waals surface area contributed by atoms with Crippen molar-refractivity contribution >= 4 is 5.97 Å². The molecule has 110 valence electrons. The van der Waals surface area contributed by atoms with Crippen LogP contribution < -0.4 is 4.74 Å². The van der Waals surface area contributed by atoms with Crippen LogP contribution in [0, 0.1) is 6.92 Å². The Labute approximate surface area is 121 Å². The van der Waals surface area contributed by atoms with Crippen molar-refractivity contribution in [1.29, 1.82) is 0 Å². The first kappa shape index (κ1) is 14.9. The van der Waals surface area contributed by atoms with E-state index in [1.54, 1.807) is 0 Å². The number of hydrogen-bond acceptors (Lipinski definition) is 3. The van der Waals surface area contributed by atoms with E-state index in [0.29, 0.717) is 12.3 Å². The number of aryl methyl sites for hydroxylation is 1. The van der Waals surface area contributed by atoms with Gasteiger partial charge in [-0.1, -0.05) is 26.0 Å². The van der Waals surface area contributed by atoms with Gasteiger partial charge in [0.05, 0.1) is 13.5 Å². The van der Waals surface area contributed by atoms with Gasteiger partial charge in [0, 0.05) is 0 Å². The summed E-state index contributed by atoms with van der Waals surface area (Å²) in [5.41, 5.74) is 2.02. The first-order chi connectivity index (χ1) is 9.46. The molecular formula is C17H24O3. The Morgan fingerprint density at radius 2 is 2.05 bits per heavy atom. The zero-order valence-corrected chi connectivity index (χ0v) is 12.9. The third kappa shape index (κ3) is 3.14. The second kappa shape index (κ2) is 5.86. The molecule has 20 heavy (non-hydrogen) atoms. The molecule has 1 saturated carbocycles. The van der Waals surface area contributed by atoms with Gasteiger partial charge in [-0.05, 0) is 49.3 Å². The molecule has 1 aromatic rings. The van der Waals surface area contributed by atoms with Gasteiger partial charge in [0.25, 0.3) is 0 Å². The van der Waals surface area contributed by atoms with Gasteiger partial charge in [-0.15, -0.1) is 0 Å². The fourth-order valence-corrected chi connectivity index (χ4v) is 2.54. The van der Waals surface area contributed by atoms with Crippen LogP contribution in [0.2, 0.25) is 0 Å². The minimum atomic E-state index is -0.354. The maximum Gasteiger partial charge on any atom is 0.309 e. The van der Waals surface area contributed by atoms with Crippen LogP contribution in [-0.4, -0.2) is 18.7 Å². The zero-order valence-electron chi connectivity index (χ0n) is 12.9. The van der Waals surface area contributed by atoms with Gasteiger partial charge in [-0.2, -0.15) is 0 Å². The lowest BCUT2D eigenvalue weighted by Crippen LogP contribution is -2.45. The predicted octanol–water partition coefficient (Wildman–Crippen LogP) is 3.98. The van der Waals surface area contributed by atoms with Crippen LogP contribution in [0.4, 0.5) is 0 Å². The number of carbonyl (C=O) groups is 1. The molecular weight excluding hydrogens is 252 g/mol. The average molecular weight is 276 g/mol. The van der Waals surface area contributed by atoms with E-state index in [1.807, 2.05) is 6.92 Å². The molecule has 0 bridgehead atoms. The van der Waals surface area contributed by atoms with Crippen molar-refractivity contribution in [3.8, 4) is 5.75 Å². The topological polar surface area (TPSA) is 35.5 Å². The van der Waals surface area contributed by atoms with Crippen molar-refractivity contribution in [1.82, 2.24) is 0 Å². The quantitative estimate of drug-likeness (QED) is 0.763. The summed E-state index contributed by atoms with van der Waals surface area (Å²) in [6, 6.07) is 6.34. The highest BCUT2D eigenvalue weighted by atomic mass is 16.5. The highest BCUT2D eigenvalue weighted by molar-refractivity contribution is 5.70. The van der Waals surface area contributed by atoms with Crippen LogP contribution >= 0.6 is 0 Å². The highest BCUT2D eigenvalue weighted by Crippen LogP contribution is 2.41. The number of carbonyl (C=O) groups excluding carboxylic acids is 1. The second-order valence-electron chi connectivity index (χ2n) is 6.07. The molecule has 0 spiro atoms. The SMILES string of the molecule is COC(=O)CC1(Oc2cc(C(C)C)ccc2C)CCC1. The van der Waals surface area contributed by atoms with E-state index >= 15 is 0 Å². The molecule has 1 aromatic carbocycles. The minimum absolute atomic E-state index is 0.192. The van der Waals surface area contributed by atoms with Gasteiger partial charge in [-0.3, -0.25) is 4.79 Å². The lowest BCUT2D eigenvalue weighted by atomic mass is 9.77. The molecule has 0 saturated heterocycles. The van der Waals surface area contributed by atoms with E-state index in [9.17, 15) is 4.79 Å². The molecule has 0 aromatic heterocycles. The Balaban J connectivity index is 2.19. The summed E-state index contributed by atoms with van der Waals surface area (Å²) in [5.74, 6) is 1.18. The molecule has 1 aliphatic carbocycles. The summed E-state index contributed by atoms with van der Waals surface area (Å²) < 4.78 is 11.0. The maximum atomic E-state index is 11.6. The van der Waals surface area contributed by atoms with Crippen molar-refractivity contribution < 1.29 is 14.3 Å². The number of ether oxygens (including phenoxy) is 2.